The second-order valence-corrected chi connectivity index (χ2v) is 9.88. The molecule has 0 radical (unpaired) electrons. The Balaban J connectivity index is 2.16. The number of sulfone groups is 1. The summed E-state index contributed by atoms with van der Waals surface area (Å²) in [6, 6.07) is 8.15. The zero-order valence-electron chi connectivity index (χ0n) is 14.7. The molecular formula is C18H18N4O2S3. The van der Waals surface area contributed by atoms with Gasteiger partial charge in [0.25, 0.3) is 0 Å². The zero-order chi connectivity index (χ0) is 19.8. The quantitative estimate of drug-likeness (QED) is 0.331. The normalized spacial score (nSPS) is 11.5. The number of anilines is 1. The van der Waals surface area contributed by atoms with Crippen LogP contribution in [0.2, 0.25) is 0 Å². The first kappa shape index (κ1) is 19.4. The summed E-state index contributed by atoms with van der Waals surface area (Å²) < 4.78 is 27.1. The van der Waals surface area contributed by atoms with Crippen LogP contribution in [0.15, 0.2) is 56.7 Å². The first-order chi connectivity index (χ1) is 12.8. The van der Waals surface area contributed by atoms with E-state index in [-0.39, 0.29) is 15.6 Å². The van der Waals surface area contributed by atoms with Crippen molar-refractivity contribution >= 4 is 44.5 Å². The predicted molar refractivity (Wildman–Crippen MR) is 111 cm³/mol. The van der Waals surface area contributed by atoms with Crippen LogP contribution in [0.1, 0.15) is 10.4 Å². The van der Waals surface area contributed by atoms with Gasteiger partial charge in [-0.05, 0) is 42.5 Å². The molecule has 0 spiro atoms. The van der Waals surface area contributed by atoms with Gasteiger partial charge in [0.05, 0.1) is 30.8 Å². The minimum absolute atomic E-state index is 0.148. The van der Waals surface area contributed by atoms with Crippen LogP contribution in [0.4, 0.5) is 5.69 Å². The molecule has 2 aromatic heterocycles. The minimum atomic E-state index is -3.77. The summed E-state index contributed by atoms with van der Waals surface area (Å²) in [5, 5.41) is 7.59. The minimum Gasteiger partial charge on any atom is -0.397 e. The number of rotatable bonds is 5. The lowest BCUT2D eigenvalue weighted by Gasteiger charge is -2.11. The van der Waals surface area contributed by atoms with Gasteiger partial charge in [0.1, 0.15) is 5.84 Å². The number of thioether (sulfide) groups is 1. The lowest BCUT2D eigenvalue weighted by molar-refractivity contribution is 0.595. The van der Waals surface area contributed by atoms with Gasteiger partial charge in [-0.15, -0.1) is 23.1 Å². The van der Waals surface area contributed by atoms with Gasteiger partial charge in [0.15, 0.2) is 0 Å². The standard InChI is InChI=1S/C18H18N4O2S3/c1-10-8-22-9-13(19)16(10)11-4-3-5-12(6-11)27(23,24)15-7-14(17(20)21)26-18(15)25-2/h3-9H,19H2,1-2H3,(H3,20,21). The topological polar surface area (TPSA) is 123 Å². The molecule has 27 heavy (non-hydrogen) atoms. The summed E-state index contributed by atoms with van der Waals surface area (Å²) in [6.45, 7) is 1.88. The highest BCUT2D eigenvalue weighted by molar-refractivity contribution is 8.01. The van der Waals surface area contributed by atoms with Gasteiger partial charge in [0, 0.05) is 11.8 Å². The molecule has 0 saturated carbocycles. The molecule has 3 rings (SSSR count). The molecule has 0 fully saturated rings. The van der Waals surface area contributed by atoms with Crippen molar-refractivity contribution in [1.82, 2.24) is 4.98 Å². The van der Waals surface area contributed by atoms with Gasteiger partial charge in [-0.3, -0.25) is 10.4 Å². The van der Waals surface area contributed by atoms with Crippen LogP contribution < -0.4 is 11.5 Å². The van der Waals surface area contributed by atoms with Crippen LogP contribution in [-0.4, -0.2) is 25.5 Å². The molecule has 0 atom stereocenters. The van der Waals surface area contributed by atoms with E-state index in [1.165, 1.54) is 29.2 Å². The molecule has 1 aromatic carbocycles. The molecule has 3 aromatic rings. The lowest BCUT2D eigenvalue weighted by Crippen LogP contribution is -2.08. The first-order valence-corrected chi connectivity index (χ1v) is 11.4. The predicted octanol–water partition coefficient (Wildman–Crippen LogP) is 3.54. The number of nitrogen functional groups attached to an aromatic ring is 2. The Morgan fingerprint density at radius 2 is 2.00 bits per heavy atom. The number of amidine groups is 1. The molecule has 0 bridgehead atoms. The maximum absolute atomic E-state index is 13.2. The maximum Gasteiger partial charge on any atom is 0.208 e. The third kappa shape index (κ3) is 3.58. The van der Waals surface area contributed by atoms with E-state index in [1.54, 1.807) is 36.8 Å². The SMILES string of the molecule is CSc1sc(C(=N)N)cc1S(=O)(=O)c1cccc(-c2c(C)cncc2N)c1. The van der Waals surface area contributed by atoms with E-state index in [4.69, 9.17) is 16.9 Å². The molecule has 0 saturated heterocycles. The van der Waals surface area contributed by atoms with E-state index < -0.39 is 9.84 Å². The summed E-state index contributed by atoms with van der Waals surface area (Å²) in [7, 11) is -3.77. The maximum atomic E-state index is 13.2. The number of nitrogens with zero attached hydrogens (tertiary/aromatic N) is 1. The number of pyridine rings is 1. The Bertz CT molecular complexity index is 1120. The number of thiophene rings is 1. The molecule has 5 N–H and O–H groups in total. The number of nitrogens with one attached hydrogen (secondary N) is 1. The van der Waals surface area contributed by atoms with Crippen molar-refractivity contribution in [3.05, 3.63) is 53.2 Å². The summed E-state index contributed by atoms with van der Waals surface area (Å²) >= 11 is 2.52. The fourth-order valence-electron chi connectivity index (χ4n) is 2.75. The van der Waals surface area contributed by atoms with Gasteiger partial charge in [-0.25, -0.2) is 8.42 Å². The average Bonchev–Trinajstić information content (AvgIpc) is 3.07. The Labute approximate surface area is 166 Å². The monoisotopic (exact) mass is 418 g/mol. The molecule has 9 heteroatoms. The third-order valence-corrected chi connectivity index (χ3v) is 8.34. The molecular weight excluding hydrogens is 400 g/mol. The van der Waals surface area contributed by atoms with Crippen molar-refractivity contribution in [3.8, 4) is 11.1 Å². The van der Waals surface area contributed by atoms with Crippen molar-refractivity contribution in [3.63, 3.8) is 0 Å². The van der Waals surface area contributed by atoms with Crippen molar-refractivity contribution in [2.45, 2.75) is 20.9 Å². The van der Waals surface area contributed by atoms with E-state index >= 15 is 0 Å². The molecule has 0 aliphatic rings. The molecule has 0 aliphatic carbocycles. The second-order valence-electron chi connectivity index (χ2n) is 5.83. The fraction of sp³-hybridized carbons (Fsp3) is 0.111. The van der Waals surface area contributed by atoms with Crippen molar-refractivity contribution in [2.75, 3.05) is 12.0 Å². The van der Waals surface area contributed by atoms with Crippen molar-refractivity contribution < 1.29 is 8.42 Å². The van der Waals surface area contributed by atoms with Gasteiger partial charge < -0.3 is 11.5 Å². The number of nitrogens with two attached hydrogens (primary N) is 2. The Morgan fingerprint density at radius 1 is 1.26 bits per heavy atom. The van der Waals surface area contributed by atoms with Crippen LogP contribution in [-0.2, 0) is 9.84 Å². The van der Waals surface area contributed by atoms with Crippen LogP contribution in [0.5, 0.6) is 0 Å². The van der Waals surface area contributed by atoms with E-state index in [9.17, 15) is 8.42 Å². The van der Waals surface area contributed by atoms with Crippen LogP contribution in [0.3, 0.4) is 0 Å². The zero-order valence-corrected chi connectivity index (χ0v) is 17.1. The van der Waals surface area contributed by atoms with E-state index in [0.29, 0.717) is 20.3 Å². The van der Waals surface area contributed by atoms with Gasteiger partial charge in [-0.1, -0.05) is 12.1 Å². The molecule has 0 aliphatic heterocycles. The number of benzene rings is 1. The smallest absolute Gasteiger partial charge is 0.208 e. The number of hydrogen-bond donors (Lipinski definition) is 3. The van der Waals surface area contributed by atoms with Gasteiger partial charge in [0.2, 0.25) is 9.84 Å². The first-order valence-electron chi connectivity index (χ1n) is 7.83. The molecule has 0 amide bonds. The number of aromatic nitrogens is 1. The van der Waals surface area contributed by atoms with Crippen molar-refractivity contribution in [2.24, 2.45) is 5.73 Å². The highest BCUT2D eigenvalue weighted by Gasteiger charge is 2.25. The fourth-order valence-corrected chi connectivity index (χ4v) is 6.65. The Morgan fingerprint density at radius 3 is 2.63 bits per heavy atom. The Kier molecular flexibility index (Phi) is 5.27. The molecule has 0 unspecified atom stereocenters. The van der Waals surface area contributed by atoms with Crippen LogP contribution >= 0.6 is 23.1 Å². The molecule has 140 valence electrons. The van der Waals surface area contributed by atoms with Crippen molar-refractivity contribution in [1.29, 1.82) is 5.41 Å². The lowest BCUT2D eigenvalue weighted by atomic mass is 10.0. The third-order valence-electron chi connectivity index (χ3n) is 4.00. The van der Waals surface area contributed by atoms with E-state index in [0.717, 1.165) is 11.1 Å². The van der Waals surface area contributed by atoms with Gasteiger partial charge >= 0.3 is 0 Å². The number of aryl methyl sites for hydroxylation is 1. The second kappa shape index (κ2) is 7.34. The summed E-state index contributed by atoms with van der Waals surface area (Å²) in [5.41, 5.74) is 14.4. The summed E-state index contributed by atoms with van der Waals surface area (Å²) in [6.07, 6.45) is 5.04. The van der Waals surface area contributed by atoms with E-state index in [2.05, 4.69) is 4.98 Å². The molecule has 6 nitrogen and oxygen atoms in total. The highest BCUT2D eigenvalue weighted by Crippen LogP contribution is 2.38. The summed E-state index contributed by atoms with van der Waals surface area (Å²) in [4.78, 5) is 4.82. The largest absolute Gasteiger partial charge is 0.397 e. The Hall–Kier alpha value is -2.36. The molecule has 2 heterocycles. The average molecular weight is 419 g/mol. The number of hydrogen-bond acceptors (Lipinski definition) is 7. The summed E-state index contributed by atoms with van der Waals surface area (Å²) in [5.74, 6) is -0.148. The van der Waals surface area contributed by atoms with E-state index in [1.807, 2.05) is 13.0 Å². The van der Waals surface area contributed by atoms with Crippen LogP contribution in [0.25, 0.3) is 11.1 Å². The van der Waals surface area contributed by atoms with Gasteiger partial charge in [-0.2, -0.15) is 0 Å². The highest BCUT2D eigenvalue weighted by atomic mass is 32.2. The van der Waals surface area contributed by atoms with Crippen LogP contribution in [0, 0.1) is 12.3 Å².